The number of nitrogens with two attached hydrogens (primary N) is 1. The lowest BCUT2D eigenvalue weighted by Crippen LogP contribution is -2.50. The minimum atomic E-state index is -0.621. The molecule has 2 atom stereocenters. The highest BCUT2D eigenvalue weighted by atomic mass is 16.5. The Bertz CT molecular complexity index is 274. The van der Waals surface area contributed by atoms with E-state index in [4.69, 9.17) is 15.2 Å². The molecule has 7 heteroatoms. The van der Waals surface area contributed by atoms with E-state index in [0.29, 0.717) is 32.6 Å². The highest BCUT2D eigenvalue weighted by Gasteiger charge is 2.19. The molecule has 112 valence electrons. The van der Waals surface area contributed by atoms with Crippen LogP contribution in [0.3, 0.4) is 0 Å². The number of ether oxygens (including phenoxy) is 2. The fourth-order valence-corrected chi connectivity index (χ4v) is 1.39. The number of rotatable bonds is 10. The van der Waals surface area contributed by atoms with Crippen LogP contribution < -0.4 is 16.4 Å². The van der Waals surface area contributed by atoms with Gasteiger partial charge in [0.1, 0.15) is 6.04 Å². The Morgan fingerprint density at radius 2 is 1.79 bits per heavy atom. The second-order valence-electron chi connectivity index (χ2n) is 4.26. The number of methoxy groups -OCH3 is 2. The zero-order valence-corrected chi connectivity index (χ0v) is 11.9. The predicted molar refractivity (Wildman–Crippen MR) is 71.6 cm³/mol. The summed E-state index contributed by atoms with van der Waals surface area (Å²) in [5, 5.41) is 5.22. The van der Waals surface area contributed by atoms with E-state index in [2.05, 4.69) is 10.6 Å². The van der Waals surface area contributed by atoms with Gasteiger partial charge in [0.2, 0.25) is 11.8 Å². The van der Waals surface area contributed by atoms with Crippen molar-refractivity contribution in [3.63, 3.8) is 0 Å². The summed E-state index contributed by atoms with van der Waals surface area (Å²) in [7, 11) is 3.15. The molecule has 0 aliphatic carbocycles. The van der Waals surface area contributed by atoms with E-state index in [1.165, 1.54) is 0 Å². The summed E-state index contributed by atoms with van der Waals surface area (Å²) in [4.78, 5) is 23.3. The molecular formula is C12H25N3O4. The van der Waals surface area contributed by atoms with Gasteiger partial charge >= 0.3 is 0 Å². The summed E-state index contributed by atoms with van der Waals surface area (Å²) >= 11 is 0. The third-order valence-electron chi connectivity index (χ3n) is 2.56. The van der Waals surface area contributed by atoms with Crippen molar-refractivity contribution >= 4 is 11.8 Å². The second kappa shape index (κ2) is 10.7. The zero-order chi connectivity index (χ0) is 14.7. The van der Waals surface area contributed by atoms with Gasteiger partial charge in [-0.2, -0.15) is 0 Å². The largest absolute Gasteiger partial charge is 0.385 e. The highest BCUT2D eigenvalue weighted by molar-refractivity contribution is 5.89. The van der Waals surface area contributed by atoms with E-state index < -0.39 is 12.1 Å². The number of hydrogen-bond donors (Lipinski definition) is 3. The van der Waals surface area contributed by atoms with Gasteiger partial charge in [0.15, 0.2) is 0 Å². The molecule has 0 radical (unpaired) electrons. The highest BCUT2D eigenvalue weighted by Crippen LogP contribution is 1.96. The average molecular weight is 275 g/mol. The fourth-order valence-electron chi connectivity index (χ4n) is 1.39. The van der Waals surface area contributed by atoms with Crippen molar-refractivity contribution in [2.75, 3.05) is 34.0 Å². The van der Waals surface area contributed by atoms with Gasteiger partial charge < -0.3 is 25.8 Å². The fraction of sp³-hybridized carbons (Fsp3) is 0.833. The molecule has 0 aromatic carbocycles. The molecule has 0 rings (SSSR count). The molecule has 0 saturated carbocycles. The van der Waals surface area contributed by atoms with Crippen LogP contribution in [0.4, 0.5) is 0 Å². The second-order valence-corrected chi connectivity index (χ2v) is 4.26. The van der Waals surface area contributed by atoms with Gasteiger partial charge in [0.25, 0.3) is 0 Å². The summed E-state index contributed by atoms with van der Waals surface area (Å²) in [6, 6.07) is -1.23. The molecule has 0 aliphatic heterocycles. The van der Waals surface area contributed by atoms with Crippen LogP contribution in [0.25, 0.3) is 0 Å². The smallest absolute Gasteiger partial charge is 0.242 e. The van der Waals surface area contributed by atoms with E-state index >= 15 is 0 Å². The van der Waals surface area contributed by atoms with E-state index in [-0.39, 0.29) is 11.8 Å². The maximum atomic E-state index is 11.7. The molecule has 7 nitrogen and oxygen atoms in total. The average Bonchev–Trinajstić information content (AvgIpc) is 2.38. The van der Waals surface area contributed by atoms with Crippen LogP contribution in [0.15, 0.2) is 0 Å². The molecule has 0 aromatic heterocycles. The summed E-state index contributed by atoms with van der Waals surface area (Å²) in [5.41, 5.74) is 5.71. The Labute approximate surface area is 114 Å². The summed E-state index contributed by atoms with van der Waals surface area (Å²) in [5.74, 6) is -0.583. The number of amides is 2. The maximum Gasteiger partial charge on any atom is 0.242 e. The SMILES string of the molecule is COCCCC(N)C(=O)NC(C)C(=O)NCCOC. The minimum Gasteiger partial charge on any atom is -0.385 e. The molecule has 0 spiro atoms. The first-order chi connectivity index (χ1) is 9.02. The Morgan fingerprint density at radius 1 is 1.16 bits per heavy atom. The summed E-state index contributed by atoms with van der Waals surface area (Å²) < 4.78 is 9.70. The number of carbonyl (C=O) groups excluding carboxylic acids is 2. The van der Waals surface area contributed by atoms with Crippen LogP contribution >= 0.6 is 0 Å². The van der Waals surface area contributed by atoms with Crippen molar-refractivity contribution in [1.29, 1.82) is 0 Å². The molecule has 0 aromatic rings. The normalized spacial score (nSPS) is 13.7. The third-order valence-corrected chi connectivity index (χ3v) is 2.56. The van der Waals surface area contributed by atoms with E-state index in [1.54, 1.807) is 21.1 Å². The Hall–Kier alpha value is -1.18. The number of carbonyl (C=O) groups is 2. The van der Waals surface area contributed by atoms with Gasteiger partial charge in [0, 0.05) is 27.4 Å². The van der Waals surface area contributed by atoms with Gasteiger partial charge in [-0.25, -0.2) is 0 Å². The molecule has 19 heavy (non-hydrogen) atoms. The van der Waals surface area contributed by atoms with Crippen molar-refractivity contribution in [2.24, 2.45) is 5.73 Å². The third kappa shape index (κ3) is 8.52. The van der Waals surface area contributed by atoms with Gasteiger partial charge in [0.05, 0.1) is 12.6 Å². The van der Waals surface area contributed by atoms with Crippen molar-refractivity contribution in [2.45, 2.75) is 31.8 Å². The molecule has 0 bridgehead atoms. The molecule has 2 amide bonds. The quantitative estimate of drug-likeness (QED) is 0.444. The van der Waals surface area contributed by atoms with Crippen LogP contribution in [-0.4, -0.2) is 57.9 Å². The van der Waals surface area contributed by atoms with Gasteiger partial charge in [-0.3, -0.25) is 9.59 Å². The molecule has 2 unspecified atom stereocenters. The lowest BCUT2D eigenvalue weighted by Gasteiger charge is -2.17. The monoisotopic (exact) mass is 275 g/mol. The first kappa shape index (κ1) is 17.8. The number of hydrogen-bond acceptors (Lipinski definition) is 5. The lowest BCUT2D eigenvalue weighted by molar-refractivity contribution is -0.129. The first-order valence-corrected chi connectivity index (χ1v) is 6.34. The summed E-state index contributed by atoms with van der Waals surface area (Å²) in [6.45, 7) is 3.02. The Balaban J connectivity index is 3.92. The predicted octanol–water partition coefficient (Wildman–Crippen LogP) is -0.992. The first-order valence-electron chi connectivity index (χ1n) is 6.34. The van der Waals surface area contributed by atoms with Crippen LogP contribution in [0.5, 0.6) is 0 Å². The van der Waals surface area contributed by atoms with Crippen LogP contribution in [0, 0.1) is 0 Å². The Morgan fingerprint density at radius 3 is 2.37 bits per heavy atom. The molecule has 0 fully saturated rings. The minimum absolute atomic E-state index is 0.255. The van der Waals surface area contributed by atoms with Crippen LogP contribution in [-0.2, 0) is 19.1 Å². The Kier molecular flexibility index (Phi) is 10.1. The molecular weight excluding hydrogens is 250 g/mol. The molecule has 4 N–H and O–H groups in total. The van der Waals surface area contributed by atoms with Crippen molar-refractivity contribution in [3.05, 3.63) is 0 Å². The maximum absolute atomic E-state index is 11.7. The van der Waals surface area contributed by atoms with Crippen molar-refractivity contribution < 1.29 is 19.1 Å². The molecule has 0 aliphatic rings. The van der Waals surface area contributed by atoms with Crippen molar-refractivity contribution in [3.8, 4) is 0 Å². The lowest BCUT2D eigenvalue weighted by atomic mass is 10.1. The zero-order valence-electron chi connectivity index (χ0n) is 11.9. The van der Waals surface area contributed by atoms with Crippen LogP contribution in [0.1, 0.15) is 19.8 Å². The van der Waals surface area contributed by atoms with E-state index in [1.807, 2.05) is 0 Å². The standard InChI is InChI=1S/C12H25N3O4/c1-9(11(16)14-6-8-19-3)15-12(17)10(13)5-4-7-18-2/h9-10H,4-8,13H2,1-3H3,(H,14,16)(H,15,17). The van der Waals surface area contributed by atoms with E-state index in [0.717, 1.165) is 0 Å². The number of nitrogens with one attached hydrogen (secondary N) is 2. The van der Waals surface area contributed by atoms with Crippen molar-refractivity contribution in [1.82, 2.24) is 10.6 Å². The topological polar surface area (TPSA) is 103 Å². The van der Waals surface area contributed by atoms with Gasteiger partial charge in [-0.05, 0) is 19.8 Å². The van der Waals surface area contributed by atoms with Gasteiger partial charge in [-0.15, -0.1) is 0 Å². The summed E-state index contributed by atoms with van der Waals surface area (Å²) in [6.07, 6.45) is 1.23. The molecule has 0 heterocycles. The molecule has 0 saturated heterocycles. The van der Waals surface area contributed by atoms with E-state index in [9.17, 15) is 9.59 Å². The van der Waals surface area contributed by atoms with Crippen LogP contribution in [0.2, 0.25) is 0 Å². The van der Waals surface area contributed by atoms with Gasteiger partial charge in [-0.1, -0.05) is 0 Å².